The van der Waals surface area contributed by atoms with Crippen LogP contribution in [0.3, 0.4) is 0 Å². The molecule has 5 heteroatoms. The van der Waals surface area contributed by atoms with E-state index in [4.69, 9.17) is 4.74 Å². The highest BCUT2D eigenvalue weighted by atomic mass is 16.5. The summed E-state index contributed by atoms with van der Waals surface area (Å²) in [5.41, 5.74) is 1.12. The summed E-state index contributed by atoms with van der Waals surface area (Å²) < 4.78 is 5.09. The molecule has 0 radical (unpaired) electrons. The molecule has 5 nitrogen and oxygen atoms in total. The molecule has 24 heavy (non-hydrogen) atoms. The van der Waals surface area contributed by atoms with Crippen LogP contribution in [0.4, 0.5) is 0 Å². The lowest BCUT2D eigenvalue weighted by Gasteiger charge is -2.39. The van der Waals surface area contributed by atoms with E-state index < -0.39 is 0 Å². The summed E-state index contributed by atoms with van der Waals surface area (Å²) >= 11 is 0. The highest BCUT2D eigenvalue weighted by Crippen LogP contribution is 2.40. The predicted molar refractivity (Wildman–Crippen MR) is 91.5 cm³/mol. The van der Waals surface area contributed by atoms with E-state index in [1.807, 2.05) is 40.1 Å². The molecule has 2 fully saturated rings. The standard InChI is InChI=1S/C19H26N2O3/c1-24-12-11-21-15-19(14-18(21)23)7-9-20(10-8-19)17(22)13-16-5-3-2-4-6-16/h2-6H,7-15H2,1H3. The summed E-state index contributed by atoms with van der Waals surface area (Å²) in [5, 5.41) is 0. The minimum Gasteiger partial charge on any atom is -0.383 e. The van der Waals surface area contributed by atoms with Crippen molar-refractivity contribution in [3.05, 3.63) is 35.9 Å². The highest BCUT2D eigenvalue weighted by Gasteiger charge is 2.45. The lowest BCUT2D eigenvalue weighted by atomic mass is 9.77. The number of amides is 2. The van der Waals surface area contributed by atoms with E-state index in [-0.39, 0.29) is 17.2 Å². The summed E-state index contributed by atoms with van der Waals surface area (Å²) in [5.74, 6) is 0.424. The summed E-state index contributed by atoms with van der Waals surface area (Å²) in [6.45, 7) is 3.60. The number of piperidine rings is 1. The third-order valence-electron chi connectivity index (χ3n) is 5.35. The van der Waals surface area contributed by atoms with E-state index in [0.29, 0.717) is 26.0 Å². The van der Waals surface area contributed by atoms with E-state index in [2.05, 4.69) is 0 Å². The van der Waals surface area contributed by atoms with Crippen molar-refractivity contribution in [1.82, 2.24) is 9.80 Å². The predicted octanol–water partition coefficient (Wildman–Crippen LogP) is 1.72. The van der Waals surface area contributed by atoms with Gasteiger partial charge in [-0.2, -0.15) is 0 Å². The first-order chi connectivity index (χ1) is 11.6. The van der Waals surface area contributed by atoms with Gasteiger partial charge in [-0.05, 0) is 18.4 Å². The molecule has 0 atom stereocenters. The van der Waals surface area contributed by atoms with Crippen LogP contribution in [0, 0.1) is 5.41 Å². The van der Waals surface area contributed by atoms with Crippen molar-refractivity contribution < 1.29 is 14.3 Å². The molecule has 1 spiro atoms. The van der Waals surface area contributed by atoms with Gasteiger partial charge in [0.1, 0.15) is 0 Å². The number of rotatable bonds is 5. The Kier molecular flexibility index (Phi) is 5.19. The Morgan fingerprint density at radius 1 is 1.21 bits per heavy atom. The van der Waals surface area contributed by atoms with E-state index >= 15 is 0 Å². The number of hydrogen-bond donors (Lipinski definition) is 0. The number of likely N-dealkylation sites (tertiary alicyclic amines) is 2. The smallest absolute Gasteiger partial charge is 0.226 e. The molecule has 0 bridgehead atoms. The van der Waals surface area contributed by atoms with Crippen molar-refractivity contribution in [3.63, 3.8) is 0 Å². The van der Waals surface area contributed by atoms with E-state index in [9.17, 15) is 9.59 Å². The number of carbonyl (C=O) groups is 2. The second-order valence-corrected chi connectivity index (χ2v) is 7.03. The van der Waals surface area contributed by atoms with Crippen LogP contribution >= 0.6 is 0 Å². The van der Waals surface area contributed by atoms with Gasteiger partial charge in [-0.3, -0.25) is 9.59 Å². The molecule has 3 rings (SSSR count). The number of methoxy groups -OCH3 is 1. The first-order valence-corrected chi connectivity index (χ1v) is 8.70. The molecule has 1 aromatic rings. The number of nitrogens with zero attached hydrogens (tertiary/aromatic N) is 2. The fraction of sp³-hybridized carbons (Fsp3) is 0.579. The fourth-order valence-electron chi connectivity index (χ4n) is 3.83. The molecule has 2 amide bonds. The van der Waals surface area contributed by atoms with Crippen LogP contribution < -0.4 is 0 Å². The number of benzene rings is 1. The van der Waals surface area contributed by atoms with Gasteiger partial charge in [-0.1, -0.05) is 30.3 Å². The van der Waals surface area contributed by atoms with Crippen LogP contribution in [-0.4, -0.2) is 61.5 Å². The average Bonchev–Trinajstić information content (AvgIpc) is 2.89. The maximum atomic E-state index is 12.5. The Morgan fingerprint density at radius 2 is 1.92 bits per heavy atom. The molecule has 2 heterocycles. The second-order valence-electron chi connectivity index (χ2n) is 7.03. The van der Waals surface area contributed by atoms with Crippen LogP contribution in [0.5, 0.6) is 0 Å². The maximum Gasteiger partial charge on any atom is 0.226 e. The Morgan fingerprint density at radius 3 is 2.58 bits per heavy atom. The molecule has 0 saturated carbocycles. The van der Waals surface area contributed by atoms with Crippen LogP contribution in [0.1, 0.15) is 24.8 Å². The van der Waals surface area contributed by atoms with Crippen molar-refractivity contribution in [3.8, 4) is 0 Å². The fourth-order valence-corrected chi connectivity index (χ4v) is 3.83. The van der Waals surface area contributed by atoms with Crippen LogP contribution in [-0.2, 0) is 20.7 Å². The topological polar surface area (TPSA) is 49.9 Å². The van der Waals surface area contributed by atoms with Gasteiger partial charge in [0.25, 0.3) is 0 Å². The van der Waals surface area contributed by atoms with Gasteiger partial charge < -0.3 is 14.5 Å². The molecule has 0 aliphatic carbocycles. The second kappa shape index (κ2) is 7.34. The molecule has 2 aliphatic rings. The van der Waals surface area contributed by atoms with Crippen LogP contribution in [0.15, 0.2) is 30.3 Å². The summed E-state index contributed by atoms with van der Waals surface area (Å²) in [4.78, 5) is 28.6. The third kappa shape index (κ3) is 3.78. The number of carbonyl (C=O) groups excluding carboxylic acids is 2. The molecule has 1 aromatic carbocycles. The zero-order valence-electron chi connectivity index (χ0n) is 14.4. The van der Waals surface area contributed by atoms with Crippen molar-refractivity contribution >= 4 is 11.8 Å². The third-order valence-corrected chi connectivity index (χ3v) is 5.35. The van der Waals surface area contributed by atoms with Gasteiger partial charge in [0.05, 0.1) is 13.0 Å². The van der Waals surface area contributed by atoms with Gasteiger partial charge in [0, 0.05) is 45.1 Å². The van der Waals surface area contributed by atoms with E-state index in [0.717, 1.165) is 38.0 Å². The maximum absolute atomic E-state index is 12.5. The van der Waals surface area contributed by atoms with E-state index in [1.165, 1.54) is 0 Å². The van der Waals surface area contributed by atoms with Crippen LogP contribution in [0.2, 0.25) is 0 Å². The van der Waals surface area contributed by atoms with Crippen LogP contribution in [0.25, 0.3) is 0 Å². The average molecular weight is 330 g/mol. The molecular formula is C19H26N2O3. The first-order valence-electron chi connectivity index (χ1n) is 8.70. The molecule has 130 valence electrons. The molecule has 0 unspecified atom stereocenters. The largest absolute Gasteiger partial charge is 0.383 e. The Balaban J connectivity index is 1.52. The zero-order chi connectivity index (χ0) is 17.0. The lowest BCUT2D eigenvalue weighted by molar-refractivity contribution is -0.132. The minimum absolute atomic E-state index is 0.0638. The Bertz CT molecular complexity index is 580. The SMILES string of the molecule is COCCN1CC2(CCN(C(=O)Cc3ccccc3)CC2)CC1=O. The first kappa shape index (κ1) is 17.0. The minimum atomic E-state index is 0.0638. The normalized spacial score (nSPS) is 20.0. The molecule has 2 aliphatic heterocycles. The highest BCUT2D eigenvalue weighted by molar-refractivity contribution is 5.80. The summed E-state index contributed by atoms with van der Waals surface area (Å²) in [7, 11) is 1.66. The van der Waals surface area contributed by atoms with Crippen molar-refractivity contribution in [1.29, 1.82) is 0 Å². The molecular weight excluding hydrogens is 304 g/mol. The van der Waals surface area contributed by atoms with Gasteiger partial charge in [0.2, 0.25) is 11.8 Å². The van der Waals surface area contributed by atoms with Gasteiger partial charge >= 0.3 is 0 Å². The zero-order valence-corrected chi connectivity index (χ0v) is 14.4. The Hall–Kier alpha value is -1.88. The lowest BCUT2D eigenvalue weighted by Crippen LogP contribution is -2.45. The van der Waals surface area contributed by atoms with Gasteiger partial charge in [-0.25, -0.2) is 0 Å². The monoisotopic (exact) mass is 330 g/mol. The molecule has 2 saturated heterocycles. The Labute approximate surface area is 143 Å². The van der Waals surface area contributed by atoms with Gasteiger partial charge in [0.15, 0.2) is 0 Å². The molecule has 0 N–H and O–H groups in total. The van der Waals surface area contributed by atoms with Crippen molar-refractivity contribution in [2.45, 2.75) is 25.7 Å². The quantitative estimate of drug-likeness (QED) is 0.826. The van der Waals surface area contributed by atoms with E-state index in [1.54, 1.807) is 7.11 Å². The number of ether oxygens (including phenoxy) is 1. The van der Waals surface area contributed by atoms with Crippen molar-refractivity contribution in [2.75, 3.05) is 39.9 Å². The van der Waals surface area contributed by atoms with Gasteiger partial charge in [-0.15, -0.1) is 0 Å². The van der Waals surface area contributed by atoms with Crippen molar-refractivity contribution in [2.24, 2.45) is 5.41 Å². The number of hydrogen-bond acceptors (Lipinski definition) is 3. The molecule has 0 aromatic heterocycles. The summed E-state index contributed by atoms with van der Waals surface area (Å²) in [6.07, 6.45) is 2.93. The summed E-state index contributed by atoms with van der Waals surface area (Å²) in [6, 6.07) is 9.88.